The Bertz CT molecular complexity index is 1200. The molecule has 30 heavy (non-hydrogen) atoms. The quantitative estimate of drug-likeness (QED) is 0.442. The van der Waals surface area contributed by atoms with Crippen molar-refractivity contribution in [2.24, 2.45) is 5.73 Å². The van der Waals surface area contributed by atoms with Crippen LogP contribution in [0.2, 0.25) is 0 Å². The maximum absolute atomic E-state index is 12.2. The molecule has 0 bridgehead atoms. The molecule has 0 saturated heterocycles. The van der Waals surface area contributed by atoms with Crippen molar-refractivity contribution in [3.05, 3.63) is 93.8 Å². The van der Waals surface area contributed by atoms with Gasteiger partial charge in [0.2, 0.25) is 5.91 Å². The van der Waals surface area contributed by atoms with E-state index < -0.39 is 17.4 Å². The normalized spacial score (nSPS) is 10.8. The van der Waals surface area contributed by atoms with Gasteiger partial charge in [0.05, 0.1) is 0 Å². The van der Waals surface area contributed by atoms with Crippen molar-refractivity contribution in [1.29, 1.82) is 0 Å². The van der Waals surface area contributed by atoms with Gasteiger partial charge in [0.1, 0.15) is 5.56 Å². The first-order chi connectivity index (χ1) is 14.5. The van der Waals surface area contributed by atoms with Gasteiger partial charge in [-0.3, -0.25) is 19.2 Å². The molecule has 0 fully saturated rings. The second-order valence-corrected chi connectivity index (χ2v) is 6.44. The minimum Gasteiger partial charge on any atom is -0.366 e. The minimum atomic E-state index is -0.606. The van der Waals surface area contributed by atoms with Gasteiger partial charge >= 0.3 is 0 Å². The van der Waals surface area contributed by atoms with Crippen LogP contribution in [-0.4, -0.2) is 35.8 Å². The minimum absolute atomic E-state index is 0.0322. The fourth-order valence-corrected chi connectivity index (χ4v) is 2.80. The number of carbonyl (C=O) groups is 3. The zero-order valence-corrected chi connectivity index (χ0v) is 16.0. The molecule has 0 atom stereocenters. The number of aromatic nitrogens is 1. The van der Waals surface area contributed by atoms with E-state index in [0.29, 0.717) is 11.1 Å². The third kappa shape index (κ3) is 4.99. The summed E-state index contributed by atoms with van der Waals surface area (Å²) in [5.41, 5.74) is 6.02. The summed E-state index contributed by atoms with van der Waals surface area (Å²) in [5.74, 6) is -1.45. The number of nitrogens with two attached hydrogens (primary N) is 1. The van der Waals surface area contributed by atoms with Gasteiger partial charge in [0.25, 0.3) is 17.4 Å². The molecule has 0 aliphatic carbocycles. The number of pyridine rings is 1. The largest absolute Gasteiger partial charge is 0.366 e. The number of rotatable bonds is 7. The van der Waals surface area contributed by atoms with Crippen molar-refractivity contribution >= 4 is 28.6 Å². The molecule has 152 valence electrons. The Hall–Kier alpha value is -4.20. The summed E-state index contributed by atoms with van der Waals surface area (Å²) in [6, 6.07) is 14.9. The predicted octanol–water partition coefficient (Wildman–Crippen LogP) is 1.34. The van der Waals surface area contributed by atoms with Crippen LogP contribution in [0.15, 0.2) is 71.5 Å². The fraction of sp³-hybridized carbons (Fsp3) is 0.0909. The molecule has 1 heterocycles. The molecule has 3 aromatic rings. The fourth-order valence-electron chi connectivity index (χ4n) is 2.80. The molecule has 3 rings (SSSR count). The van der Waals surface area contributed by atoms with Crippen LogP contribution in [-0.2, 0) is 0 Å². The smallest absolute Gasteiger partial charge is 0.261 e. The number of carbonyl (C=O) groups excluding carboxylic acids is 3. The van der Waals surface area contributed by atoms with Gasteiger partial charge in [-0.1, -0.05) is 36.4 Å². The zero-order chi connectivity index (χ0) is 21.5. The summed E-state index contributed by atoms with van der Waals surface area (Å²) in [6.45, 7) is 0.421. The first kappa shape index (κ1) is 20.5. The van der Waals surface area contributed by atoms with E-state index in [2.05, 4.69) is 15.6 Å². The maximum Gasteiger partial charge on any atom is 0.261 e. The lowest BCUT2D eigenvalue weighted by Gasteiger charge is -2.05. The molecule has 0 radical (unpaired) electrons. The third-order valence-corrected chi connectivity index (χ3v) is 4.33. The first-order valence-electron chi connectivity index (χ1n) is 9.19. The Morgan fingerprint density at radius 1 is 0.867 bits per heavy atom. The van der Waals surface area contributed by atoms with Crippen molar-refractivity contribution in [2.45, 2.75) is 0 Å². The molecule has 2 aromatic carbocycles. The monoisotopic (exact) mass is 404 g/mol. The highest BCUT2D eigenvalue weighted by Gasteiger charge is 2.11. The van der Waals surface area contributed by atoms with Crippen molar-refractivity contribution < 1.29 is 14.4 Å². The van der Waals surface area contributed by atoms with E-state index in [4.69, 9.17) is 5.73 Å². The van der Waals surface area contributed by atoms with Crippen LogP contribution in [0.25, 0.3) is 10.9 Å². The van der Waals surface area contributed by atoms with Crippen molar-refractivity contribution in [3.8, 4) is 0 Å². The zero-order valence-electron chi connectivity index (χ0n) is 16.0. The van der Waals surface area contributed by atoms with Gasteiger partial charge in [-0.2, -0.15) is 0 Å². The van der Waals surface area contributed by atoms with Gasteiger partial charge in [-0.25, -0.2) is 0 Å². The standard InChI is InChI=1S/C22H20N4O4/c23-19(27)15-7-5-8-16(12-15)20(28)24-10-3-4-11-25-21(29)17-13-14-6-1-2-9-18(14)26-22(17)30/h1-9,12-13H,10-11H2,(H2,23,27)(H,24,28)(H,25,29)(H,26,30)/b4-3+. The summed E-state index contributed by atoms with van der Waals surface area (Å²) >= 11 is 0. The number of aromatic amines is 1. The molecule has 3 amide bonds. The molecule has 8 heteroatoms. The molecule has 0 saturated carbocycles. The molecular weight excluding hydrogens is 384 g/mol. The molecule has 5 N–H and O–H groups in total. The highest BCUT2D eigenvalue weighted by Crippen LogP contribution is 2.10. The Balaban J connectivity index is 1.49. The number of hydrogen-bond donors (Lipinski definition) is 4. The van der Waals surface area contributed by atoms with Gasteiger partial charge in [0, 0.05) is 29.7 Å². The average molecular weight is 404 g/mol. The van der Waals surface area contributed by atoms with Crippen LogP contribution >= 0.6 is 0 Å². The second kappa shape index (κ2) is 9.33. The number of para-hydroxylation sites is 1. The van der Waals surface area contributed by atoms with Gasteiger partial charge in [0.15, 0.2) is 0 Å². The van der Waals surface area contributed by atoms with Gasteiger partial charge in [-0.05, 0) is 35.7 Å². The number of primary amides is 1. The van der Waals surface area contributed by atoms with Crippen LogP contribution < -0.4 is 21.9 Å². The van der Waals surface area contributed by atoms with E-state index in [0.717, 1.165) is 5.39 Å². The summed E-state index contributed by atoms with van der Waals surface area (Å²) < 4.78 is 0. The molecule has 8 nitrogen and oxygen atoms in total. The molecule has 0 aliphatic heterocycles. The van der Waals surface area contributed by atoms with Gasteiger partial charge < -0.3 is 21.4 Å². The number of fused-ring (bicyclic) bond motifs is 1. The number of amides is 3. The van der Waals surface area contributed by atoms with Gasteiger partial charge in [-0.15, -0.1) is 0 Å². The van der Waals surface area contributed by atoms with Crippen LogP contribution in [0.5, 0.6) is 0 Å². The lowest BCUT2D eigenvalue weighted by atomic mass is 10.1. The molecule has 0 unspecified atom stereocenters. The number of hydrogen-bond acceptors (Lipinski definition) is 4. The maximum atomic E-state index is 12.2. The lowest BCUT2D eigenvalue weighted by Crippen LogP contribution is -2.29. The van der Waals surface area contributed by atoms with E-state index >= 15 is 0 Å². The third-order valence-electron chi connectivity index (χ3n) is 4.33. The number of benzene rings is 2. The van der Waals surface area contributed by atoms with Crippen LogP contribution in [0.1, 0.15) is 31.1 Å². The number of nitrogens with one attached hydrogen (secondary N) is 3. The second-order valence-electron chi connectivity index (χ2n) is 6.44. The van der Waals surface area contributed by atoms with Crippen molar-refractivity contribution in [3.63, 3.8) is 0 Å². The number of H-pyrrole nitrogens is 1. The Morgan fingerprint density at radius 3 is 2.27 bits per heavy atom. The summed E-state index contributed by atoms with van der Waals surface area (Å²) in [5, 5.41) is 6.07. The Labute approximate surface area is 171 Å². The topological polar surface area (TPSA) is 134 Å². The van der Waals surface area contributed by atoms with Crippen molar-refractivity contribution in [2.75, 3.05) is 13.1 Å². The van der Waals surface area contributed by atoms with E-state index in [-0.39, 0.29) is 30.1 Å². The van der Waals surface area contributed by atoms with Crippen LogP contribution in [0.4, 0.5) is 0 Å². The average Bonchev–Trinajstić information content (AvgIpc) is 2.75. The van der Waals surface area contributed by atoms with Crippen molar-refractivity contribution in [1.82, 2.24) is 15.6 Å². The summed E-state index contributed by atoms with van der Waals surface area (Å²) in [4.78, 5) is 50.3. The van der Waals surface area contributed by atoms with E-state index in [9.17, 15) is 19.2 Å². The highest BCUT2D eigenvalue weighted by molar-refractivity contribution is 5.99. The van der Waals surface area contributed by atoms with Crippen LogP contribution in [0.3, 0.4) is 0 Å². The first-order valence-corrected chi connectivity index (χ1v) is 9.19. The van der Waals surface area contributed by atoms with E-state index in [1.807, 2.05) is 12.1 Å². The van der Waals surface area contributed by atoms with E-state index in [1.165, 1.54) is 12.1 Å². The molecule has 0 aliphatic rings. The molecular formula is C22H20N4O4. The summed E-state index contributed by atoms with van der Waals surface area (Å²) in [7, 11) is 0. The SMILES string of the molecule is NC(=O)c1cccc(C(=O)NC/C=C/CNC(=O)c2cc3ccccc3[nH]c2=O)c1. The molecule has 0 spiro atoms. The lowest BCUT2D eigenvalue weighted by molar-refractivity contribution is 0.0947. The van der Waals surface area contributed by atoms with Crippen LogP contribution in [0, 0.1) is 0 Å². The highest BCUT2D eigenvalue weighted by atomic mass is 16.2. The van der Waals surface area contributed by atoms with E-state index in [1.54, 1.807) is 42.5 Å². The Kier molecular flexibility index (Phi) is 6.39. The Morgan fingerprint density at radius 2 is 1.53 bits per heavy atom. The predicted molar refractivity (Wildman–Crippen MR) is 113 cm³/mol. The molecule has 1 aromatic heterocycles. The summed E-state index contributed by atoms with van der Waals surface area (Å²) in [6.07, 6.45) is 3.33.